The number of hydrogen-bond donors (Lipinski definition) is 5. The summed E-state index contributed by atoms with van der Waals surface area (Å²) in [5, 5.41) is 27.7. The number of nitrogens with two attached hydrogens (primary N) is 1. The molecule has 1 unspecified atom stereocenters. The molecule has 1 saturated heterocycles. The van der Waals surface area contributed by atoms with E-state index in [-0.39, 0.29) is 36.5 Å². The highest BCUT2D eigenvalue weighted by Crippen LogP contribution is 2.30. The van der Waals surface area contributed by atoms with E-state index in [9.17, 15) is 29.4 Å². The van der Waals surface area contributed by atoms with Gasteiger partial charge in [-0.2, -0.15) is 0 Å². The van der Waals surface area contributed by atoms with Crippen LogP contribution < -0.4 is 16.4 Å². The SMILES string of the molecule is C=C(C)[C@@H](C(=O)N[C@@H](C(C)C)C(O)N(C)[C@@H]([C@@H](C)CC)[C@@H](CC(=O)N1CCC[C@H]1[C@H](OC)[C@@H](C)C(=O)N[C@@H](Cc1ccccc1)C(=O)O)OC)N(C)CCOCCN. The zero-order chi connectivity index (χ0) is 43.7. The summed E-state index contributed by atoms with van der Waals surface area (Å²) in [6, 6.07) is 5.79. The third kappa shape index (κ3) is 14.4. The molecule has 3 amide bonds. The molecular formula is C43H74N6O9. The summed E-state index contributed by atoms with van der Waals surface area (Å²) in [5.74, 6) is -3.02. The molecule has 1 heterocycles. The number of methoxy groups -OCH3 is 2. The number of likely N-dealkylation sites (N-methyl/N-ethyl adjacent to an activating group) is 2. The Labute approximate surface area is 347 Å². The van der Waals surface area contributed by atoms with Gasteiger partial charge in [0, 0.05) is 46.3 Å². The van der Waals surface area contributed by atoms with Crippen LogP contribution >= 0.6 is 0 Å². The van der Waals surface area contributed by atoms with Crippen LogP contribution in [0.2, 0.25) is 0 Å². The average molecular weight is 819 g/mol. The highest BCUT2D eigenvalue weighted by atomic mass is 16.5. The maximum Gasteiger partial charge on any atom is 0.326 e. The van der Waals surface area contributed by atoms with E-state index in [0.29, 0.717) is 51.3 Å². The fourth-order valence-corrected chi connectivity index (χ4v) is 8.13. The molecule has 0 bridgehead atoms. The van der Waals surface area contributed by atoms with Crippen LogP contribution in [0.1, 0.15) is 72.8 Å². The molecule has 0 saturated carbocycles. The molecule has 15 heteroatoms. The van der Waals surface area contributed by atoms with E-state index >= 15 is 0 Å². The van der Waals surface area contributed by atoms with Crippen molar-refractivity contribution < 1.29 is 43.6 Å². The highest BCUT2D eigenvalue weighted by Gasteiger charge is 2.43. The quantitative estimate of drug-likeness (QED) is 0.0496. The minimum absolute atomic E-state index is 0.00169. The molecule has 0 radical (unpaired) electrons. The van der Waals surface area contributed by atoms with Gasteiger partial charge in [-0.15, -0.1) is 0 Å². The number of carbonyl (C=O) groups excluding carboxylic acids is 3. The van der Waals surface area contributed by atoms with Crippen LogP contribution in [0.5, 0.6) is 0 Å². The number of likely N-dealkylation sites (tertiary alicyclic amines) is 1. The number of aliphatic carboxylic acids is 1. The summed E-state index contributed by atoms with van der Waals surface area (Å²) in [4.78, 5) is 59.2. The van der Waals surface area contributed by atoms with Crippen LogP contribution in [-0.2, 0) is 39.8 Å². The third-order valence-electron chi connectivity index (χ3n) is 11.6. The van der Waals surface area contributed by atoms with Gasteiger partial charge in [0.05, 0.1) is 49.8 Å². The minimum Gasteiger partial charge on any atom is -0.480 e. The molecule has 58 heavy (non-hydrogen) atoms. The van der Waals surface area contributed by atoms with Gasteiger partial charge in [-0.25, -0.2) is 4.79 Å². The number of nitrogens with one attached hydrogen (secondary N) is 2. The lowest BCUT2D eigenvalue weighted by Crippen LogP contribution is -2.61. The van der Waals surface area contributed by atoms with Crippen LogP contribution in [0.4, 0.5) is 0 Å². The first kappa shape index (κ1) is 50.7. The van der Waals surface area contributed by atoms with Crippen molar-refractivity contribution in [3.8, 4) is 0 Å². The van der Waals surface area contributed by atoms with E-state index in [2.05, 4.69) is 17.2 Å². The molecule has 1 aliphatic rings. The number of aliphatic hydroxyl groups excluding tert-OH is 1. The van der Waals surface area contributed by atoms with Gasteiger partial charge in [-0.3, -0.25) is 24.2 Å². The first-order valence-corrected chi connectivity index (χ1v) is 20.7. The van der Waals surface area contributed by atoms with Gasteiger partial charge in [-0.05, 0) is 51.3 Å². The van der Waals surface area contributed by atoms with Crippen LogP contribution in [0.25, 0.3) is 0 Å². The summed E-state index contributed by atoms with van der Waals surface area (Å²) in [6.45, 7) is 17.7. The average Bonchev–Trinajstić information content (AvgIpc) is 3.67. The topological polar surface area (TPSA) is 196 Å². The summed E-state index contributed by atoms with van der Waals surface area (Å²) in [6.07, 6.45) is -0.282. The monoisotopic (exact) mass is 819 g/mol. The maximum absolute atomic E-state index is 14.3. The number of benzene rings is 1. The van der Waals surface area contributed by atoms with Gasteiger partial charge in [0.2, 0.25) is 17.7 Å². The Morgan fingerprint density at radius 2 is 1.67 bits per heavy atom. The zero-order valence-corrected chi connectivity index (χ0v) is 36.7. The number of carboxylic acid groups (broad SMARTS) is 1. The van der Waals surface area contributed by atoms with E-state index in [4.69, 9.17) is 19.9 Å². The second-order valence-corrected chi connectivity index (χ2v) is 16.2. The molecule has 2 rings (SSSR count). The Bertz CT molecular complexity index is 1430. The molecule has 10 atom stereocenters. The molecule has 0 aliphatic carbocycles. The number of ether oxygens (including phenoxy) is 3. The van der Waals surface area contributed by atoms with Crippen LogP contribution in [0.3, 0.4) is 0 Å². The van der Waals surface area contributed by atoms with Gasteiger partial charge >= 0.3 is 5.97 Å². The number of amides is 3. The fraction of sp³-hybridized carbons (Fsp3) is 0.721. The largest absolute Gasteiger partial charge is 0.480 e. The molecule has 1 aromatic carbocycles. The fourth-order valence-electron chi connectivity index (χ4n) is 8.13. The predicted molar refractivity (Wildman–Crippen MR) is 225 cm³/mol. The molecular weight excluding hydrogens is 745 g/mol. The summed E-state index contributed by atoms with van der Waals surface area (Å²) >= 11 is 0. The van der Waals surface area contributed by atoms with Crippen molar-refractivity contribution >= 4 is 23.7 Å². The normalized spacial score (nSPS) is 19.2. The molecule has 1 aromatic rings. The molecule has 0 aromatic heterocycles. The molecule has 0 spiro atoms. The molecule has 1 fully saturated rings. The smallest absolute Gasteiger partial charge is 0.326 e. The van der Waals surface area contributed by atoms with Crippen molar-refractivity contribution in [2.75, 3.05) is 61.2 Å². The number of carbonyl (C=O) groups is 4. The standard InChI is InChI=1S/C43H74N6O9/c1-12-29(6)38(48(9)42(53)36(27(2)3)46-41(52)37(28(4)5)47(8)22-24-58-23-20-44)34(56-10)26-35(50)49-21-16-19-33(49)39(57-11)30(7)40(51)45-32(43(54)55)25-31-17-14-13-15-18-31/h13-15,17-18,27,29-30,32-34,36-39,42,53H,4,12,16,19-26,44H2,1-3,5-11H3,(H,45,51)(H,46,52)(H,54,55)/t29-,30+,32-,33-,34+,36-,37-,38-,39+,42?/m0/s1. The number of nitrogens with zero attached hydrogens (tertiary/aromatic N) is 3. The second-order valence-electron chi connectivity index (χ2n) is 16.2. The van der Waals surface area contributed by atoms with Gasteiger partial charge in [0.1, 0.15) is 18.3 Å². The van der Waals surface area contributed by atoms with Crippen LogP contribution in [-0.4, -0.2) is 158 Å². The van der Waals surface area contributed by atoms with E-state index in [1.54, 1.807) is 37.8 Å². The maximum atomic E-state index is 14.3. The van der Waals surface area contributed by atoms with E-state index in [0.717, 1.165) is 12.0 Å². The van der Waals surface area contributed by atoms with Crippen molar-refractivity contribution in [1.29, 1.82) is 0 Å². The lowest BCUT2D eigenvalue weighted by Gasteiger charge is -2.44. The zero-order valence-electron chi connectivity index (χ0n) is 36.7. The van der Waals surface area contributed by atoms with Crippen molar-refractivity contribution in [3.63, 3.8) is 0 Å². The summed E-state index contributed by atoms with van der Waals surface area (Å²) in [5.41, 5.74) is 6.97. The van der Waals surface area contributed by atoms with Gasteiger partial charge < -0.3 is 45.7 Å². The van der Waals surface area contributed by atoms with Crippen molar-refractivity contribution in [3.05, 3.63) is 48.0 Å². The lowest BCUT2D eigenvalue weighted by atomic mass is 9.89. The van der Waals surface area contributed by atoms with Crippen molar-refractivity contribution in [2.45, 2.75) is 122 Å². The van der Waals surface area contributed by atoms with Crippen molar-refractivity contribution in [1.82, 2.24) is 25.3 Å². The Kier molecular flexibility index (Phi) is 22.1. The predicted octanol–water partition coefficient (Wildman–Crippen LogP) is 2.50. The van der Waals surface area contributed by atoms with Gasteiger partial charge in [0.15, 0.2) is 0 Å². The first-order valence-electron chi connectivity index (χ1n) is 20.7. The number of hydrogen-bond acceptors (Lipinski definition) is 11. The van der Waals surface area contributed by atoms with Crippen molar-refractivity contribution in [2.24, 2.45) is 23.5 Å². The summed E-state index contributed by atoms with van der Waals surface area (Å²) < 4.78 is 17.5. The van der Waals surface area contributed by atoms with Gasteiger partial charge in [0.25, 0.3) is 0 Å². The van der Waals surface area contributed by atoms with Gasteiger partial charge in [-0.1, -0.05) is 83.5 Å². The minimum atomic E-state index is -1.14. The summed E-state index contributed by atoms with van der Waals surface area (Å²) in [7, 11) is 6.67. The lowest BCUT2D eigenvalue weighted by molar-refractivity contribution is -0.146. The van der Waals surface area contributed by atoms with Crippen LogP contribution in [0, 0.1) is 17.8 Å². The number of carboxylic acids is 1. The molecule has 330 valence electrons. The molecule has 15 nitrogen and oxygen atoms in total. The third-order valence-corrected chi connectivity index (χ3v) is 11.6. The number of aliphatic hydroxyl groups is 1. The highest BCUT2D eigenvalue weighted by molar-refractivity contribution is 5.86. The first-order chi connectivity index (χ1) is 27.4. The molecule has 6 N–H and O–H groups in total. The second kappa shape index (κ2) is 25.2. The Morgan fingerprint density at radius 1 is 1.02 bits per heavy atom. The van der Waals surface area contributed by atoms with E-state index < -0.39 is 66.4 Å². The molecule has 1 aliphatic heterocycles. The van der Waals surface area contributed by atoms with E-state index in [1.165, 1.54) is 7.11 Å². The Balaban J connectivity index is 2.26. The van der Waals surface area contributed by atoms with E-state index in [1.807, 2.05) is 70.0 Å². The van der Waals surface area contributed by atoms with Crippen LogP contribution in [0.15, 0.2) is 42.5 Å². The number of rotatable bonds is 27. The Hall–Kier alpha value is -3.44. The Morgan fingerprint density at radius 3 is 2.21 bits per heavy atom.